The maximum Gasteiger partial charge on any atom is 0.270 e. The zero-order valence-corrected chi connectivity index (χ0v) is 18.1. The number of fused-ring (bicyclic) bond motifs is 1. The number of amides is 2. The van der Waals surface area contributed by atoms with Crippen LogP contribution in [0.3, 0.4) is 0 Å². The molecule has 2 amide bonds. The van der Waals surface area contributed by atoms with E-state index in [-0.39, 0.29) is 30.4 Å². The van der Waals surface area contributed by atoms with Gasteiger partial charge in [0.15, 0.2) is 5.96 Å². The van der Waals surface area contributed by atoms with Crippen LogP contribution in [0.25, 0.3) is 0 Å². The van der Waals surface area contributed by atoms with Crippen molar-refractivity contribution in [1.29, 1.82) is 0 Å². The largest absolute Gasteiger partial charge is 0.369 e. The molecule has 0 saturated carbocycles. The standard InChI is InChI=1S/C24H29N5O2/c1-3-24(4-2)14-21(30)29(23(25)28-24)15-17-9-7-11-20(26-17)22(31)27-19-13-12-16-8-5-6-10-18(16)19/h5-11,19H,3-4,12-15H2,1-2H3,(H2,25,28)(H,27,31)/t19-/m0/s1. The maximum atomic E-state index is 12.8. The van der Waals surface area contributed by atoms with Gasteiger partial charge in [0.2, 0.25) is 5.91 Å². The van der Waals surface area contributed by atoms with Gasteiger partial charge in [0.25, 0.3) is 5.91 Å². The van der Waals surface area contributed by atoms with Crippen LogP contribution >= 0.6 is 0 Å². The van der Waals surface area contributed by atoms with Crippen LogP contribution in [-0.2, 0) is 17.8 Å². The van der Waals surface area contributed by atoms with E-state index in [2.05, 4.69) is 27.4 Å². The van der Waals surface area contributed by atoms with E-state index in [1.165, 1.54) is 16.0 Å². The van der Waals surface area contributed by atoms with Crippen LogP contribution in [-0.4, -0.2) is 33.2 Å². The van der Waals surface area contributed by atoms with Gasteiger partial charge in [0, 0.05) is 0 Å². The van der Waals surface area contributed by atoms with Gasteiger partial charge in [-0.1, -0.05) is 44.2 Å². The summed E-state index contributed by atoms with van der Waals surface area (Å²) >= 11 is 0. The summed E-state index contributed by atoms with van der Waals surface area (Å²) in [5.74, 6) is -0.0549. The van der Waals surface area contributed by atoms with Crippen LogP contribution in [0.15, 0.2) is 47.5 Å². The predicted molar refractivity (Wildman–Crippen MR) is 119 cm³/mol. The summed E-state index contributed by atoms with van der Waals surface area (Å²) in [7, 11) is 0. The van der Waals surface area contributed by atoms with Crippen LogP contribution < -0.4 is 11.1 Å². The number of carbonyl (C=O) groups is 2. The lowest BCUT2D eigenvalue weighted by Crippen LogP contribution is -2.50. The number of guanidine groups is 1. The zero-order valence-electron chi connectivity index (χ0n) is 18.1. The molecule has 2 aliphatic rings. The van der Waals surface area contributed by atoms with Gasteiger partial charge in [-0.15, -0.1) is 0 Å². The Labute approximate surface area is 182 Å². The summed E-state index contributed by atoms with van der Waals surface area (Å²) in [6.45, 7) is 4.25. The van der Waals surface area contributed by atoms with Crippen molar-refractivity contribution >= 4 is 17.8 Å². The molecule has 7 heteroatoms. The van der Waals surface area contributed by atoms with E-state index in [0.717, 1.165) is 25.7 Å². The lowest BCUT2D eigenvalue weighted by Gasteiger charge is -2.36. The van der Waals surface area contributed by atoms with E-state index in [0.29, 0.717) is 17.8 Å². The van der Waals surface area contributed by atoms with Crippen molar-refractivity contribution in [3.05, 3.63) is 65.0 Å². The summed E-state index contributed by atoms with van der Waals surface area (Å²) in [4.78, 5) is 36.2. The lowest BCUT2D eigenvalue weighted by molar-refractivity contribution is -0.130. The SMILES string of the molecule is CCC1(CC)CC(=O)N(Cc2cccc(C(=O)N[C@H]3CCc4ccccc43)n2)C(N)=N1. The number of carbonyl (C=O) groups excluding carboxylic acids is 2. The fraction of sp³-hybridized carbons (Fsp3) is 0.417. The van der Waals surface area contributed by atoms with Crippen molar-refractivity contribution in [3.8, 4) is 0 Å². The Morgan fingerprint density at radius 3 is 2.71 bits per heavy atom. The quantitative estimate of drug-likeness (QED) is 0.751. The third kappa shape index (κ3) is 4.17. The molecule has 0 spiro atoms. The normalized spacial score (nSPS) is 19.7. The van der Waals surface area contributed by atoms with Gasteiger partial charge in [0.1, 0.15) is 5.69 Å². The number of aliphatic imine (C=N–C) groups is 1. The topological polar surface area (TPSA) is 101 Å². The van der Waals surface area contributed by atoms with Crippen molar-refractivity contribution in [2.24, 2.45) is 10.7 Å². The van der Waals surface area contributed by atoms with E-state index in [4.69, 9.17) is 5.73 Å². The van der Waals surface area contributed by atoms with Crippen molar-refractivity contribution in [2.75, 3.05) is 0 Å². The first-order valence-electron chi connectivity index (χ1n) is 10.9. The first kappa shape index (κ1) is 21.0. The molecule has 31 heavy (non-hydrogen) atoms. The van der Waals surface area contributed by atoms with Crippen LogP contribution in [0.5, 0.6) is 0 Å². The van der Waals surface area contributed by atoms with Crippen LogP contribution in [0, 0.1) is 0 Å². The first-order chi connectivity index (χ1) is 14.9. The molecule has 0 radical (unpaired) electrons. The highest BCUT2D eigenvalue weighted by molar-refractivity contribution is 5.99. The third-order valence-corrected chi connectivity index (χ3v) is 6.52. The number of nitrogens with zero attached hydrogens (tertiary/aromatic N) is 3. The number of aryl methyl sites for hydroxylation is 1. The fourth-order valence-electron chi connectivity index (χ4n) is 4.47. The second-order valence-corrected chi connectivity index (χ2v) is 8.34. The molecule has 0 saturated heterocycles. The Kier molecular flexibility index (Phi) is 5.76. The molecule has 2 heterocycles. The highest BCUT2D eigenvalue weighted by Crippen LogP contribution is 2.31. The van der Waals surface area contributed by atoms with Crippen LogP contribution in [0.2, 0.25) is 0 Å². The van der Waals surface area contributed by atoms with Crippen molar-refractivity contribution in [3.63, 3.8) is 0 Å². The second-order valence-electron chi connectivity index (χ2n) is 8.34. The zero-order chi connectivity index (χ0) is 22.0. The predicted octanol–water partition coefficient (Wildman–Crippen LogP) is 3.10. The average molecular weight is 420 g/mol. The van der Waals surface area contributed by atoms with Gasteiger partial charge in [-0.2, -0.15) is 0 Å². The smallest absolute Gasteiger partial charge is 0.270 e. The van der Waals surface area contributed by atoms with E-state index >= 15 is 0 Å². The summed E-state index contributed by atoms with van der Waals surface area (Å²) in [6.07, 6.45) is 3.71. The summed E-state index contributed by atoms with van der Waals surface area (Å²) in [5.41, 5.74) is 9.12. The van der Waals surface area contributed by atoms with Gasteiger partial charge < -0.3 is 11.1 Å². The number of nitrogens with two attached hydrogens (primary N) is 1. The van der Waals surface area contributed by atoms with Gasteiger partial charge >= 0.3 is 0 Å². The van der Waals surface area contributed by atoms with E-state index < -0.39 is 5.54 Å². The maximum absolute atomic E-state index is 12.8. The number of rotatable bonds is 6. The number of aromatic nitrogens is 1. The molecule has 1 aliphatic heterocycles. The van der Waals surface area contributed by atoms with E-state index in [1.54, 1.807) is 18.2 Å². The Morgan fingerprint density at radius 2 is 1.97 bits per heavy atom. The Hall–Kier alpha value is -3.22. The minimum Gasteiger partial charge on any atom is -0.369 e. The molecule has 0 bridgehead atoms. The first-order valence-corrected chi connectivity index (χ1v) is 10.9. The molecule has 2 aromatic rings. The molecule has 3 N–H and O–H groups in total. The molecule has 4 rings (SSSR count). The van der Waals surface area contributed by atoms with Gasteiger partial charge in [-0.25, -0.2) is 9.98 Å². The number of nitrogens with one attached hydrogen (secondary N) is 1. The monoisotopic (exact) mass is 419 g/mol. The molecule has 0 unspecified atom stereocenters. The highest BCUT2D eigenvalue weighted by Gasteiger charge is 2.37. The van der Waals surface area contributed by atoms with E-state index in [9.17, 15) is 9.59 Å². The second kappa shape index (κ2) is 8.49. The van der Waals surface area contributed by atoms with Crippen molar-refractivity contribution in [1.82, 2.24) is 15.2 Å². The molecule has 7 nitrogen and oxygen atoms in total. The fourth-order valence-corrected chi connectivity index (χ4v) is 4.47. The van der Waals surface area contributed by atoms with E-state index in [1.807, 2.05) is 26.0 Å². The van der Waals surface area contributed by atoms with Gasteiger partial charge in [-0.05, 0) is 48.9 Å². The third-order valence-electron chi connectivity index (χ3n) is 6.52. The molecule has 1 atom stereocenters. The van der Waals surface area contributed by atoms with Crippen LogP contribution in [0.1, 0.15) is 72.9 Å². The average Bonchev–Trinajstić information content (AvgIpc) is 3.19. The Bertz CT molecular complexity index is 1030. The molecular formula is C24H29N5O2. The number of pyridine rings is 1. The van der Waals surface area contributed by atoms with Crippen LogP contribution in [0.4, 0.5) is 0 Å². The minimum atomic E-state index is -0.412. The Balaban J connectivity index is 1.48. The van der Waals surface area contributed by atoms with Crippen molar-refractivity contribution < 1.29 is 9.59 Å². The molecule has 0 fully saturated rings. The number of hydrogen-bond acceptors (Lipinski definition) is 5. The molecular weight excluding hydrogens is 390 g/mol. The summed E-state index contributed by atoms with van der Waals surface area (Å²) < 4.78 is 0. The van der Waals surface area contributed by atoms with Crippen molar-refractivity contribution in [2.45, 2.75) is 64.1 Å². The lowest BCUT2D eigenvalue weighted by atomic mass is 9.88. The molecule has 1 aromatic heterocycles. The van der Waals surface area contributed by atoms with Gasteiger partial charge in [-0.3, -0.25) is 14.5 Å². The molecule has 1 aromatic carbocycles. The summed E-state index contributed by atoms with van der Waals surface area (Å²) in [5, 5.41) is 3.10. The minimum absolute atomic E-state index is 0.00295. The Morgan fingerprint density at radius 1 is 1.19 bits per heavy atom. The number of hydrogen-bond donors (Lipinski definition) is 2. The molecule has 1 aliphatic carbocycles. The summed E-state index contributed by atoms with van der Waals surface area (Å²) in [6, 6.07) is 13.5. The molecule has 162 valence electrons. The number of benzene rings is 1. The highest BCUT2D eigenvalue weighted by atomic mass is 16.2. The van der Waals surface area contributed by atoms with Gasteiger partial charge in [0.05, 0.1) is 30.2 Å².